The number of aromatic hydroxyl groups is 1. The molecule has 7 nitrogen and oxygen atoms in total. The van der Waals surface area contributed by atoms with Gasteiger partial charge in [-0.05, 0) is 42.8 Å². The smallest absolute Gasteiger partial charge is 0.277 e. The summed E-state index contributed by atoms with van der Waals surface area (Å²) >= 11 is 1.14. The number of rotatable bonds is 7. The number of phenolic OH excluding ortho intramolecular Hbond substituents is 1. The highest BCUT2D eigenvalue weighted by Crippen LogP contribution is 2.21. The van der Waals surface area contributed by atoms with Gasteiger partial charge < -0.3 is 19.6 Å². The molecule has 0 atom stereocenters. The lowest BCUT2D eigenvalue weighted by Gasteiger charge is -2.06. The second-order valence-electron chi connectivity index (χ2n) is 5.40. The third-order valence-electron chi connectivity index (χ3n) is 3.36. The molecule has 26 heavy (non-hydrogen) atoms. The SMILES string of the molecule is Cc1cc(NC(=O)CSc2nnc(COc3ccccc3)o2)ccc1O. The maximum Gasteiger partial charge on any atom is 0.277 e. The summed E-state index contributed by atoms with van der Waals surface area (Å²) in [5.41, 5.74) is 1.31. The van der Waals surface area contributed by atoms with Crippen LogP contribution in [-0.4, -0.2) is 27.0 Å². The predicted molar refractivity (Wildman–Crippen MR) is 97.3 cm³/mol. The van der Waals surface area contributed by atoms with E-state index in [0.29, 0.717) is 28.1 Å². The summed E-state index contributed by atoms with van der Waals surface area (Å²) in [5, 5.41) is 20.3. The van der Waals surface area contributed by atoms with Crippen LogP contribution >= 0.6 is 11.8 Å². The number of carbonyl (C=O) groups excluding carboxylic acids is 1. The first kappa shape index (κ1) is 17.8. The number of ether oxygens (including phenoxy) is 1. The molecule has 0 aliphatic carbocycles. The third-order valence-corrected chi connectivity index (χ3v) is 4.18. The molecule has 134 valence electrons. The van der Waals surface area contributed by atoms with E-state index >= 15 is 0 Å². The Hall–Kier alpha value is -3.00. The number of amides is 1. The maximum absolute atomic E-state index is 12.0. The fourth-order valence-corrected chi connectivity index (χ4v) is 2.65. The normalized spacial score (nSPS) is 10.5. The van der Waals surface area contributed by atoms with Gasteiger partial charge in [-0.25, -0.2) is 0 Å². The van der Waals surface area contributed by atoms with Crippen molar-refractivity contribution in [3.05, 3.63) is 60.0 Å². The number of hydrogen-bond donors (Lipinski definition) is 2. The van der Waals surface area contributed by atoms with Crippen molar-refractivity contribution >= 4 is 23.4 Å². The zero-order chi connectivity index (χ0) is 18.4. The zero-order valence-corrected chi connectivity index (χ0v) is 14.8. The molecule has 0 fully saturated rings. The number of nitrogens with zero attached hydrogens (tertiary/aromatic N) is 2. The molecule has 0 saturated heterocycles. The maximum atomic E-state index is 12.0. The first-order valence-electron chi connectivity index (χ1n) is 7.82. The van der Waals surface area contributed by atoms with E-state index in [-0.39, 0.29) is 24.0 Å². The number of anilines is 1. The number of aryl methyl sites for hydroxylation is 1. The Balaban J connectivity index is 1.46. The zero-order valence-electron chi connectivity index (χ0n) is 14.0. The highest BCUT2D eigenvalue weighted by Gasteiger charge is 2.11. The molecule has 0 aliphatic heterocycles. The summed E-state index contributed by atoms with van der Waals surface area (Å²) in [7, 11) is 0. The summed E-state index contributed by atoms with van der Waals surface area (Å²) in [6, 6.07) is 14.2. The van der Waals surface area contributed by atoms with Gasteiger partial charge in [-0.15, -0.1) is 10.2 Å². The molecule has 0 saturated carbocycles. The fourth-order valence-electron chi connectivity index (χ4n) is 2.07. The molecule has 0 radical (unpaired) electrons. The molecule has 1 aromatic heterocycles. The summed E-state index contributed by atoms with van der Waals surface area (Å²) in [6.45, 7) is 1.92. The minimum absolute atomic E-state index is 0.126. The van der Waals surface area contributed by atoms with Crippen LogP contribution < -0.4 is 10.1 Å². The second-order valence-corrected chi connectivity index (χ2v) is 6.33. The molecule has 1 heterocycles. The van der Waals surface area contributed by atoms with Crippen molar-refractivity contribution in [2.24, 2.45) is 0 Å². The number of nitrogens with one attached hydrogen (secondary N) is 1. The van der Waals surface area contributed by atoms with Gasteiger partial charge in [0.05, 0.1) is 5.75 Å². The van der Waals surface area contributed by atoms with Gasteiger partial charge in [-0.3, -0.25) is 4.79 Å². The molecule has 0 aliphatic rings. The average molecular weight is 371 g/mol. The summed E-state index contributed by atoms with van der Waals surface area (Å²) in [5.74, 6) is 1.16. The van der Waals surface area contributed by atoms with E-state index in [9.17, 15) is 9.90 Å². The number of thioether (sulfide) groups is 1. The van der Waals surface area contributed by atoms with Crippen LogP contribution in [0.2, 0.25) is 0 Å². The molecule has 0 unspecified atom stereocenters. The van der Waals surface area contributed by atoms with Crippen molar-refractivity contribution in [2.45, 2.75) is 18.8 Å². The fraction of sp³-hybridized carbons (Fsp3) is 0.167. The van der Waals surface area contributed by atoms with Crippen molar-refractivity contribution in [1.29, 1.82) is 0 Å². The Labute approximate surface area is 154 Å². The number of aromatic nitrogens is 2. The Kier molecular flexibility index (Phi) is 5.75. The number of phenols is 1. The molecule has 3 rings (SSSR count). The third kappa shape index (κ3) is 5.00. The van der Waals surface area contributed by atoms with E-state index in [1.807, 2.05) is 30.3 Å². The predicted octanol–water partition coefficient (Wildman–Crippen LogP) is 3.39. The number of hydrogen-bond acceptors (Lipinski definition) is 7. The van der Waals surface area contributed by atoms with Crippen LogP contribution in [0.4, 0.5) is 5.69 Å². The van der Waals surface area contributed by atoms with E-state index in [0.717, 1.165) is 11.8 Å². The van der Waals surface area contributed by atoms with E-state index in [1.165, 1.54) is 6.07 Å². The first-order chi connectivity index (χ1) is 12.6. The highest BCUT2D eigenvalue weighted by atomic mass is 32.2. The van der Waals surface area contributed by atoms with E-state index in [1.54, 1.807) is 19.1 Å². The minimum atomic E-state index is -0.208. The Morgan fingerprint density at radius 2 is 2.04 bits per heavy atom. The molecule has 0 spiro atoms. The molecular formula is C18H17N3O4S. The van der Waals surface area contributed by atoms with Gasteiger partial charge in [-0.2, -0.15) is 0 Å². The van der Waals surface area contributed by atoms with Gasteiger partial charge in [0.1, 0.15) is 11.5 Å². The molecular weight excluding hydrogens is 354 g/mol. The Bertz CT molecular complexity index is 883. The van der Waals surface area contributed by atoms with Crippen LogP contribution in [0, 0.1) is 6.92 Å². The summed E-state index contributed by atoms with van der Waals surface area (Å²) < 4.78 is 11.0. The van der Waals surface area contributed by atoms with E-state index < -0.39 is 0 Å². The Morgan fingerprint density at radius 3 is 2.81 bits per heavy atom. The molecule has 2 aromatic carbocycles. The number of carbonyl (C=O) groups is 1. The quantitative estimate of drug-likeness (QED) is 0.485. The average Bonchev–Trinajstić information content (AvgIpc) is 3.10. The van der Waals surface area contributed by atoms with Crippen LogP contribution in [0.15, 0.2) is 58.2 Å². The molecule has 1 amide bonds. The Morgan fingerprint density at radius 1 is 1.23 bits per heavy atom. The van der Waals surface area contributed by atoms with Gasteiger partial charge in [0.25, 0.3) is 11.1 Å². The standard InChI is InChI=1S/C18H17N3O4S/c1-12-9-13(7-8-15(12)22)19-16(23)11-26-18-21-20-17(25-18)10-24-14-5-3-2-4-6-14/h2-9,22H,10-11H2,1H3,(H,19,23). The van der Waals surface area contributed by atoms with Gasteiger partial charge in [0, 0.05) is 5.69 Å². The van der Waals surface area contributed by atoms with Crippen LogP contribution in [0.25, 0.3) is 0 Å². The highest BCUT2D eigenvalue weighted by molar-refractivity contribution is 7.99. The van der Waals surface area contributed by atoms with E-state index in [4.69, 9.17) is 9.15 Å². The molecule has 0 bridgehead atoms. The van der Waals surface area contributed by atoms with Gasteiger partial charge >= 0.3 is 0 Å². The van der Waals surface area contributed by atoms with Crippen LogP contribution in [0.3, 0.4) is 0 Å². The molecule has 3 aromatic rings. The molecule has 8 heteroatoms. The largest absolute Gasteiger partial charge is 0.508 e. The van der Waals surface area contributed by atoms with Crippen molar-refractivity contribution in [3.8, 4) is 11.5 Å². The van der Waals surface area contributed by atoms with Crippen molar-refractivity contribution in [3.63, 3.8) is 0 Å². The monoisotopic (exact) mass is 371 g/mol. The van der Waals surface area contributed by atoms with Crippen molar-refractivity contribution in [2.75, 3.05) is 11.1 Å². The van der Waals surface area contributed by atoms with Gasteiger partial charge in [0.2, 0.25) is 5.91 Å². The minimum Gasteiger partial charge on any atom is -0.508 e. The van der Waals surface area contributed by atoms with Crippen molar-refractivity contribution < 1.29 is 19.1 Å². The van der Waals surface area contributed by atoms with E-state index in [2.05, 4.69) is 15.5 Å². The lowest BCUT2D eigenvalue weighted by molar-refractivity contribution is -0.113. The van der Waals surface area contributed by atoms with Crippen molar-refractivity contribution in [1.82, 2.24) is 10.2 Å². The van der Waals surface area contributed by atoms with Crippen LogP contribution in [0.5, 0.6) is 11.5 Å². The number of benzene rings is 2. The summed E-state index contributed by atoms with van der Waals surface area (Å²) in [4.78, 5) is 12.0. The topological polar surface area (TPSA) is 97.5 Å². The summed E-state index contributed by atoms with van der Waals surface area (Å²) in [6.07, 6.45) is 0. The lowest BCUT2D eigenvalue weighted by Crippen LogP contribution is -2.14. The second kappa shape index (κ2) is 8.39. The molecule has 2 N–H and O–H groups in total. The first-order valence-corrected chi connectivity index (χ1v) is 8.81. The van der Waals surface area contributed by atoms with Gasteiger partial charge in [0.15, 0.2) is 6.61 Å². The lowest BCUT2D eigenvalue weighted by atomic mass is 10.2. The van der Waals surface area contributed by atoms with Gasteiger partial charge in [-0.1, -0.05) is 30.0 Å². The van der Waals surface area contributed by atoms with Crippen LogP contribution in [-0.2, 0) is 11.4 Å². The number of para-hydroxylation sites is 1. The van der Waals surface area contributed by atoms with Crippen LogP contribution in [0.1, 0.15) is 11.5 Å².